The maximum Gasteiger partial charge on any atom is 0.221 e. The molecule has 0 aromatic heterocycles. The van der Waals surface area contributed by atoms with Crippen molar-refractivity contribution in [3.8, 4) is 0 Å². The van der Waals surface area contributed by atoms with Crippen molar-refractivity contribution >= 4 is 15.8 Å². The minimum absolute atomic E-state index is 0. The third-order valence-electron chi connectivity index (χ3n) is 3.00. The molecular weight excluding hydrogens is 448 g/mol. The van der Waals surface area contributed by atoms with Crippen LogP contribution in [0.2, 0.25) is 0 Å². The molecule has 0 spiro atoms. The molecule has 0 radical (unpaired) electrons. The second kappa shape index (κ2) is 23.4. The van der Waals surface area contributed by atoms with E-state index in [0.29, 0.717) is 15.8 Å². The summed E-state index contributed by atoms with van der Waals surface area (Å²) in [6, 6.07) is 0. The number of hydrogen-bond acceptors (Lipinski definition) is 4. The molecule has 0 aliphatic carbocycles. The van der Waals surface area contributed by atoms with Crippen molar-refractivity contribution in [2.45, 2.75) is 41.5 Å². The predicted octanol–water partition coefficient (Wildman–Crippen LogP) is 2.14. The fraction of sp³-hybridized carbons (Fsp3) is 0.867. The van der Waals surface area contributed by atoms with E-state index in [1.54, 1.807) is 0 Å². The number of hydrogen-bond donors (Lipinski definition) is 0. The second-order valence-electron chi connectivity index (χ2n) is 4.18. The van der Waals surface area contributed by atoms with Gasteiger partial charge in [-0.3, -0.25) is 0 Å². The van der Waals surface area contributed by atoms with Crippen LogP contribution in [0.3, 0.4) is 0 Å². The third-order valence-corrected chi connectivity index (χ3v) is 8.76. The molecule has 0 aliphatic rings. The molecule has 0 fully saturated rings. The summed E-state index contributed by atoms with van der Waals surface area (Å²) < 4.78 is 32.3. The Morgan fingerprint density at radius 2 is 1.04 bits per heavy atom. The Bertz CT molecular complexity index is 201. The van der Waals surface area contributed by atoms with Crippen LogP contribution in [0.4, 0.5) is 0 Å². The van der Waals surface area contributed by atoms with Crippen molar-refractivity contribution in [3.63, 3.8) is 0 Å². The Balaban J connectivity index is -0.000000116. The van der Waals surface area contributed by atoms with Crippen molar-refractivity contribution in [2.24, 2.45) is 0 Å². The first-order valence-corrected chi connectivity index (χ1v) is 12.9. The van der Waals surface area contributed by atoms with Gasteiger partial charge in [-0.15, -0.1) is 22.4 Å². The minimum atomic E-state index is -4.26. The Kier molecular flexibility index (Phi) is 32.6. The summed E-state index contributed by atoms with van der Waals surface area (Å²) in [5, 5.41) is 0. The molecule has 23 heavy (non-hydrogen) atoms. The summed E-state index contributed by atoms with van der Waals surface area (Å²) in [6.07, 6.45) is 9.68. The van der Waals surface area contributed by atoms with E-state index in [-0.39, 0.29) is 27.0 Å². The third kappa shape index (κ3) is 31.6. The van der Waals surface area contributed by atoms with Crippen molar-refractivity contribution < 1.29 is 48.9 Å². The van der Waals surface area contributed by atoms with Crippen LogP contribution in [-0.2, 0) is 24.7 Å². The Labute approximate surface area is 162 Å². The molecule has 0 rings (SSSR count). The quantitative estimate of drug-likeness (QED) is 0.286. The van der Waals surface area contributed by atoms with E-state index >= 15 is 0 Å². The van der Waals surface area contributed by atoms with Crippen LogP contribution in [0, 0.1) is 10.2 Å². The SMILES string of the molecule is C=CCO[Cl+3]([O-])([O-])[O-].CCP(CC)CC.CCP(CC)CC.[Pd]. The summed E-state index contributed by atoms with van der Waals surface area (Å²) >= 11 is 0. The zero-order valence-corrected chi connectivity index (χ0v) is 19.6. The average Bonchev–Trinajstić information content (AvgIpc) is 2.49. The smallest absolute Gasteiger partial charge is 0.183 e. The standard InChI is InChI=1S/2C6H15P.C3H5ClO4.Pd/c2*1-4-7(5-2)6-3;1-2-3-8-4(5,6)7;/h2*4-6H2,1-3H3;2H,1,3H2;. The molecule has 0 aromatic rings. The summed E-state index contributed by atoms with van der Waals surface area (Å²) in [5.74, 6) is 0. The molecule has 0 atom stereocenters. The predicted molar refractivity (Wildman–Crippen MR) is 93.2 cm³/mol. The van der Waals surface area contributed by atoms with Gasteiger partial charge in [-0.2, -0.15) is 14.0 Å². The van der Waals surface area contributed by atoms with E-state index in [9.17, 15) is 14.0 Å². The van der Waals surface area contributed by atoms with Gasteiger partial charge in [-0.05, 0) is 43.0 Å². The molecule has 0 amide bonds. The average molecular weight is 483 g/mol. The topological polar surface area (TPSA) is 78.4 Å². The van der Waals surface area contributed by atoms with Gasteiger partial charge >= 0.3 is 0 Å². The fourth-order valence-electron chi connectivity index (χ4n) is 1.46. The minimum Gasteiger partial charge on any atom is -0.183 e. The zero-order valence-electron chi connectivity index (χ0n) is 15.5. The summed E-state index contributed by atoms with van der Waals surface area (Å²) in [6.45, 7) is 16.6. The largest absolute Gasteiger partial charge is 0.221 e. The van der Waals surface area contributed by atoms with Gasteiger partial charge in [0.1, 0.15) is 0 Å². The molecule has 8 heteroatoms. The summed E-state index contributed by atoms with van der Waals surface area (Å²) in [4.78, 5) is 0. The second-order valence-corrected chi connectivity index (χ2v) is 11.6. The normalized spacial score (nSPS) is 10.2. The monoisotopic (exact) mass is 482 g/mol. The molecule has 0 heterocycles. The Hall–Kier alpha value is 1.39. The number of rotatable bonds is 9. The molecule has 0 bridgehead atoms. The van der Waals surface area contributed by atoms with Crippen molar-refractivity contribution in [3.05, 3.63) is 12.7 Å². The van der Waals surface area contributed by atoms with Gasteiger partial charge in [0.05, 0.1) is 14.5 Å². The van der Waals surface area contributed by atoms with Crippen LogP contribution in [0.25, 0.3) is 0 Å². The van der Waals surface area contributed by atoms with Gasteiger partial charge < -0.3 is 0 Å². The van der Waals surface area contributed by atoms with Crippen molar-refractivity contribution in [2.75, 3.05) is 43.6 Å². The fourth-order valence-corrected chi connectivity index (χ4v) is 4.39. The van der Waals surface area contributed by atoms with Crippen LogP contribution in [0.15, 0.2) is 12.7 Å². The first-order valence-electron chi connectivity index (χ1n) is 7.86. The Morgan fingerprint density at radius 3 is 1.09 bits per heavy atom. The summed E-state index contributed by atoms with van der Waals surface area (Å²) in [7, 11) is -3.37. The Morgan fingerprint density at radius 1 is 0.783 bits per heavy atom. The van der Waals surface area contributed by atoms with Crippen molar-refractivity contribution in [1.82, 2.24) is 0 Å². The van der Waals surface area contributed by atoms with Crippen LogP contribution in [0.1, 0.15) is 41.5 Å². The van der Waals surface area contributed by atoms with Gasteiger partial charge in [-0.1, -0.05) is 41.5 Å². The van der Waals surface area contributed by atoms with E-state index in [1.807, 2.05) is 0 Å². The van der Waals surface area contributed by atoms with Gasteiger partial charge in [0, 0.05) is 20.4 Å². The first-order chi connectivity index (χ1) is 10.3. The first kappa shape index (κ1) is 32.1. The van der Waals surface area contributed by atoms with E-state index in [0.717, 1.165) is 0 Å². The molecule has 0 saturated heterocycles. The van der Waals surface area contributed by atoms with E-state index in [4.69, 9.17) is 0 Å². The molecule has 0 saturated carbocycles. The van der Waals surface area contributed by atoms with E-state index in [1.165, 1.54) is 43.0 Å². The van der Waals surface area contributed by atoms with Gasteiger partial charge in [-0.25, -0.2) is 0 Å². The van der Waals surface area contributed by atoms with Gasteiger partial charge in [0.2, 0.25) is 6.61 Å². The van der Waals surface area contributed by atoms with E-state index in [2.05, 4.69) is 52.4 Å². The van der Waals surface area contributed by atoms with Gasteiger partial charge in [0.15, 0.2) is 0 Å². The van der Waals surface area contributed by atoms with Crippen LogP contribution in [0.5, 0.6) is 0 Å². The number of halogens is 1. The molecule has 0 aromatic carbocycles. The van der Waals surface area contributed by atoms with E-state index < -0.39 is 10.2 Å². The zero-order chi connectivity index (χ0) is 18.0. The molecule has 0 N–H and O–H groups in total. The molecule has 4 nitrogen and oxygen atoms in total. The van der Waals surface area contributed by atoms with Crippen LogP contribution >= 0.6 is 15.8 Å². The van der Waals surface area contributed by atoms with Crippen LogP contribution in [-0.4, -0.2) is 43.6 Å². The van der Waals surface area contributed by atoms with Crippen LogP contribution < -0.4 is 14.0 Å². The molecular formula is C15H35ClO4P2Pd. The maximum atomic E-state index is 9.54. The maximum absolute atomic E-state index is 9.54. The molecule has 146 valence electrons. The van der Waals surface area contributed by atoms with Crippen molar-refractivity contribution in [1.29, 1.82) is 0 Å². The molecule has 0 unspecified atom stereocenters. The summed E-state index contributed by atoms with van der Waals surface area (Å²) in [5.41, 5.74) is 0. The molecule has 0 aliphatic heterocycles. The van der Waals surface area contributed by atoms with Gasteiger partial charge in [0.25, 0.3) is 0 Å².